The summed E-state index contributed by atoms with van der Waals surface area (Å²) in [5, 5.41) is 8.75. The maximum atomic E-state index is 12.6. The van der Waals surface area contributed by atoms with E-state index in [2.05, 4.69) is 26.0 Å². The van der Waals surface area contributed by atoms with E-state index in [-0.39, 0.29) is 30.7 Å². The Hall–Kier alpha value is -1.20. The Labute approximate surface area is 189 Å². The van der Waals surface area contributed by atoms with Gasteiger partial charge in [0.25, 0.3) is 0 Å². The van der Waals surface area contributed by atoms with Gasteiger partial charge in [-0.1, -0.05) is 64.5 Å². The molecule has 0 spiro atoms. The average molecular weight is 437 g/mol. The first-order valence-electron chi connectivity index (χ1n) is 12.7. The molecule has 5 heteroatoms. The molecule has 178 valence electrons. The number of carbonyl (C=O) groups is 2. The van der Waals surface area contributed by atoms with Gasteiger partial charge in [-0.05, 0) is 50.4 Å². The van der Waals surface area contributed by atoms with Crippen molar-refractivity contribution in [2.75, 3.05) is 6.61 Å². The molecule has 5 nitrogen and oxygen atoms in total. The van der Waals surface area contributed by atoms with Crippen LogP contribution in [0.3, 0.4) is 0 Å². The van der Waals surface area contributed by atoms with Crippen LogP contribution in [0.15, 0.2) is 12.2 Å². The van der Waals surface area contributed by atoms with E-state index in [1.54, 1.807) is 0 Å². The molecule has 1 N–H and O–H groups in total. The Bertz CT molecular complexity index is 552. The first-order valence-corrected chi connectivity index (χ1v) is 12.7. The first-order chi connectivity index (χ1) is 15.0. The molecule has 1 aliphatic carbocycles. The number of allylic oxidation sites excluding steroid dienone is 1. The van der Waals surface area contributed by atoms with Gasteiger partial charge in [-0.2, -0.15) is 0 Å². The highest BCUT2D eigenvalue weighted by molar-refractivity contribution is 5.84. The molecule has 1 heterocycles. The van der Waals surface area contributed by atoms with Crippen molar-refractivity contribution in [1.82, 2.24) is 0 Å². The molecule has 5 atom stereocenters. The van der Waals surface area contributed by atoms with Gasteiger partial charge in [-0.3, -0.25) is 9.59 Å². The summed E-state index contributed by atoms with van der Waals surface area (Å²) in [4.78, 5) is 23.2. The molecule has 0 amide bonds. The van der Waals surface area contributed by atoms with Crippen LogP contribution < -0.4 is 0 Å². The third-order valence-corrected chi connectivity index (χ3v) is 6.82. The van der Waals surface area contributed by atoms with Crippen molar-refractivity contribution in [3.63, 3.8) is 0 Å². The quantitative estimate of drug-likeness (QED) is 0.241. The predicted octanol–water partition coefficient (Wildman–Crippen LogP) is 6.30. The van der Waals surface area contributed by atoms with Gasteiger partial charge in [0.2, 0.25) is 0 Å². The molecule has 0 aromatic carbocycles. The SMILES string of the molecule is CCCCC[C@@H](/C=C/[C@H]1[C@H](C)CC(=O)[C@@H]1CCCCCCC(=O)O)OC1CCCCO1. The first kappa shape index (κ1) is 26.1. The van der Waals surface area contributed by atoms with Crippen LogP contribution in [0.5, 0.6) is 0 Å². The number of aliphatic carboxylic acids is 1. The second kappa shape index (κ2) is 14.8. The number of carboxylic acids is 1. The van der Waals surface area contributed by atoms with E-state index in [1.807, 2.05) is 0 Å². The average Bonchev–Trinajstić information content (AvgIpc) is 3.01. The van der Waals surface area contributed by atoms with Gasteiger partial charge in [0.15, 0.2) is 6.29 Å². The third-order valence-electron chi connectivity index (χ3n) is 6.82. The van der Waals surface area contributed by atoms with E-state index in [0.717, 1.165) is 64.4 Å². The molecule has 0 aromatic rings. The topological polar surface area (TPSA) is 72.8 Å². The number of carbonyl (C=O) groups excluding carboxylic acids is 1. The number of rotatable bonds is 15. The number of hydrogen-bond acceptors (Lipinski definition) is 4. The molecule has 31 heavy (non-hydrogen) atoms. The van der Waals surface area contributed by atoms with E-state index in [4.69, 9.17) is 14.6 Å². The summed E-state index contributed by atoms with van der Waals surface area (Å²) in [6, 6.07) is 0. The third kappa shape index (κ3) is 9.86. The van der Waals surface area contributed by atoms with Gasteiger partial charge in [-0.15, -0.1) is 0 Å². The van der Waals surface area contributed by atoms with Crippen molar-refractivity contribution < 1.29 is 24.2 Å². The highest BCUT2D eigenvalue weighted by atomic mass is 16.7. The van der Waals surface area contributed by atoms with Gasteiger partial charge in [0, 0.05) is 25.4 Å². The fraction of sp³-hybridized carbons (Fsp3) is 0.846. The fourth-order valence-electron chi connectivity index (χ4n) is 4.96. The van der Waals surface area contributed by atoms with Crippen molar-refractivity contribution in [3.8, 4) is 0 Å². The maximum Gasteiger partial charge on any atom is 0.303 e. The molecule has 1 saturated heterocycles. The second-order valence-corrected chi connectivity index (χ2v) is 9.53. The fourth-order valence-corrected chi connectivity index (χ4v) is 4.96. The zero-order valence-electron chi connectivity index (χ0n) is 19.7. The lowest BCUT2D eigenvalue weighted by Gasteiger charge is -2.27. The van der Waals surface area contributed by atoms with Gasteiger partial charge in [-0.25, -0.2) is 0 Å². The molecule has 2 rings (SSSR count). The lowest BCUT2D eigenvalue weighted by Crippen LogP contribution is -2.27. The molecule has 1 unspecified atom stereocenters. The second-order valence-electron chi connectivity index (χ2n) is 9.53. The molecule has 2 fully saturated rings. The minimum atomic E-state index is -0.723. The smallest absolute Gasteiger partial charge is 0.303 e. The Kier molecular flexibility index (Phi) is 12.4. The predicted molar refractivity (Wildman–Crippen MR) is 123 cm³/mol. The molecule has 2 aliphatic rings. The van der Waals surface area contributed by atoms with Crippen molar-refractivity contribution in [2.45, 2.75) is 116 Å². The minimum Gasteiger partial charge on any atom is -0.481 e. The standard InChI is InChI=1S/C26H44O5/c1-3-4-7-12-21(31-26-15-10-11-18-30-26)16-17-22-20(2)19-24(27)23(22)13-8-5-6-9-14-25(28)29/h16-17,20-23,26H,3-15,18-19H2,1-2H3,(H,28,29)/b17-16+/t20-,21+,22+,23-,26?/m1/s1. The number of hydrogen-bond donors (Lipinski definition) is 1. The minimum absolute atomic E-state index is 0.0641. The highest BCUT2D eigenvalue weighted by Crippen LogP contribution is 2.38. The molecule has 0 radical (unpaired) electrons. The maximum absolute atomic E-state index is 12.6. The van der Waals surface area contributed by atoms with Crippen LogP contribution in [0.1, 0.15) is 104 Å². The number of Topliss-reactive ketones (excluding diaryl/α,β-unsaturated/α-hetero) is 1. The highest BCUT2D eigenvalue weighted by Gasteiger charge is 2.38. The van der Waals surface area contributed by atoms with E-state index in [1.165, 1.54) is 19.3 Å². The van der Waals surface area contributed by atoms with E-state index < -0.39 is 5.97 Å². The van der Waals surface area contributed by atoms with Gasteiger partial charge < -0.3 is 14.6 Å². The number of carboxylic acid groups (broad SMARTS) is 1. The van der Waals surface area contributed by atoms with Crippen molar-refractivity contribution >= 4 is 11.8 Å². The van der Waals surface area contributed by atoms with Gasteiger partial charge in [0.1, 0.15) is 5.78 Å². The van der Waals surface area contributed by atoms with E-state index >= 15 is 0 Å². The summed E-state index contributed by atoms with van der Waals surface area (Å²) in [5.41, 5.74) is 0. The molecule has 1 saturated carbocycles. The van der Waals surface area contributed by atoms with Crippen LogP contribution in [0.25, 0.3) is 0 Å². The van der Waals surface area contributed by atoms with E-state index in [9.17, 15) is 9.59 Å². The number of ketones is 1. The van der Waals surface area contributed by atoms with Crippen LogP contribution in [-0.4, -0.2) is 35.9 Å². The Morgan fingerprint density at radius 1 is 1.19 bits per heavy atom. The Balaban J connectivity index is 1.88. The summed E-state index contributed by atoms with van der Waals surface area (Å²) < 4.78 is 12.1. The zero-order chi connectivity index (χ0) is 22.5. The molecular weight excluding hydrogens is 392 g/mol. The summed E-state index contributed by atoms with van der Waals surface area (Å²) in [6.45, 7) is 5.20. The van der Waals surface area contributed by atoms with Gasteiger partial charge >= 0.3 is 5.97 Å². The van der Waals surface area contributed by atoms with Crippen molar-refractivity contribution in [2.24, 2.45) is 17.8 Å². The summed E-state index contributed by atoms with van der Waals surface area (Å²) in [6.07, 6.45) is 17.8. The van der Waals surface area contributed by atoms with Crippen LogP contribution in [0, 0.1) is 17.8 Å². The number of ether oxygens (including phenoxy) is 2. The lowest BCUT2D eigenvalue weighted by molar-refractivity contribution is -0.179. The van der Waals surface area contributed by atoms with Crippen molar-refractivity contribution in [3.05, 3.63) is 12.2 Å². The Morgan fingerprint density at radius 2 is 2.00 bits per heavy atom. The lowest BCUT2D eigenvalue weighted by atomic mass is 9.85. The molecule has 1 aliphatic heterocycles. The largest absolute Gasteiger partial charge is 0.481 e. The van der Waals surface area contributed by atoms with Crippen LogP contribution in [-0.2, 0) is 19.1 Å². The van der Waals surface area contributed by atoms with Gasteiger partial charge in [0.05, 0.1) is 6.10 Å². The van der Waals surface area contributed by atoms with Crippen LogP contribution in [0.4, 0.5) is 0 Å². The summed E-state index contributed by atoms with van der Waals surface area (Å²) in [5.74, 6) is 0.443. The number of unbranched alkanes of at least 4 members (excludes halogenated alkanes) is 5. The van der Waals surface area contributed by atoms with E-state index in [0.29, 0.717) is 18.1 Å². The van der Waals surface area contributed by atoms with Crippen molar-refractivity contribution in [1.29, 1.82) is 0 Å². The van der Waals surface area contributed by atoms with Crippen LogP contribution >= 0.6 is 0 Å². The van der Waals surface area contributed by atoms with Crippen LogP contribution in [0.2, 0.25) is 0 Å². The summed E-state index contributed by atoms with van der Waals surface area (Å²) >= 11 is 0. The molecular formula is C26H44O5. The zero-order valence-corrected chi connectivity index (χ0v) is 19.7. The normalized spacial score (nSPS) is 27.7. The molecule has 0 aromatic heterocycles. The monoisotopic (exact) mass is 436 g/mol. The molecule has 0 bridgehead atoms. The summed E-state index contributed by atoms with van der Waals surface area (Å²) in [7, 11) is 0. The Morgan fingerprint density at radius 3 is 2.71 bits per heavy atom.